The molecular formula is C23H30N4O4S. The van der Waals surface area contributed by atoms with Gasteiger partial charge in [0.15, 0.2) is 0 Å². The zero-order valence-electron chi connectivity index (χ0n) is 18.8. The van der Waals surface area contributed by atoms with Gasteiger partial charge in [0.25, 0.3) is 5.91 Å². The quantitative estimate of drug-likeness (QED) is 0.743. The summed E-state index contributed by atoms with van der Waals surface area (Å²) in [5.74, 6) is 0.323. The number of aryl methyl sites for hydroxylation is 2. The Morgan fingerprint density at radius 3 is 2.44 bits per heavy atom. The van der Waals surface area contributed by atoms with Gasteiger partial charge in [-0.1, -0.05) is 11.2 Å². The molecule has 0 bridgehead atoms. The summed E-state index contributed by atoms with van der Waals surface area (Å²) >= 11 is 1.59. The Balaban J connectivity index is 1.38. The maximum Gasteiger partial charge on any atom is 0.259 e. The van der Waals surface area contributed by atoms with Crippen LogP contribution in [0.5, 0.6) is 0 Å². The smallest absolute Gasteiger partial charge is 0.259 e. The maximum atomic E-state index is 13.3. The number of nitrogens with one attached hydrogen (secondary N) is 1. The molecule has 0 aromatic carbocycles. The van der Waals surface area contributed by atoms with Crippen LogP contribution in [-0.2, 0) is 16.0 Å². The van der Waals surface area contributed by atoms with E-state index in [4.69, 9.17) is 4.52 Å². The monoisotopic (exact) mass is 458 g/mol. The first kappa shape index (κ1) is 22.5. The van der Waals surface area contributed by atoms with Gasteiger partial charge in [-0.2, -0.15) is 0 Å². The Bertz CT molecular complexity index is 972. The summed E-state index contributed by atoms with van der Waals surface area (Å²) in [6, 6.07) is 3.41. The van der Waals surface area contributed by atoms with Crippen LogP contribution >= 0.6 is 11.3 Å². The minimum Gasteiger partial charge on any atom is -0.361 e. The van der Waals surface area contributed by atoms with E-state index >= 15 is 0 Å². The number of likely N-dealkylation sites (tertiary alicyclic amines) is 2. The molecule has 2 aromatic heterocycles. The summed E-state index contributed by atoms with van der Waals surface area (Å²) in [7, 11) is 0. The molecule has 2 saturated heterocycles. The van der Waals surface area contributed by atoms with Gasteiger partial charge in [0.2, 0.25) is 11.8 Å². The molecular weight excluding hydrogens is 428 g/mol. The molecule has 4 heterocycles. The molecule has 0 radical (unpaired) electrons. The van der Waals surface area contributed by atoms with Crippen molar-refractivity contribution < 1.29 is 18.9 Å². The van der Waals surface area contributed by atoms with Crippen molar-refractivity contribution in [3.05, 3.63) is 39.4 Å². The minimum absolute atomic E-state index is 0.0142. The second kappa shape index (κ2) is 9.05. The normalized spacial score (nSPS) is 18.7. The highest BCUT2D eigenvalue weighted by molar-refractivity contribution is 7.09. The Labute approximate surface area is 191 Å². The van der Waals surface area contributed by atoms with Gasteiger partial charge in [-0.3, -0.25) is 14.4 Å². The Hall–Kier alpha value is -2.68. The highest BCUT2D eigenvalue weighted by atomic mass is 32.1. The number of hydrogen-bond acceptors (Lipinski definition) is 6. The first-order valence-electron chi connectivity index (χ1n) is 11.1. The second-order valence-electron chi connectivity index (χ2n) is 9.04. The largest absolute Gasteiger partial charge is 0.361 e. The van der Waals surface area contributed by atoms with E-state index in [-0.39, 0.29) is 23.1 Å². The lowest BCUT2D eigenvalue weighted by molar-refractivity contribution is -0.135. The van der Waals surface area contributed by atoms with E-state index < -0.39 is 6.04 Å². The molecule has 2 fully saturated rings. The zero-order chi connectivity index (χ0) is 22.9. The van der Waals surface area contributed by atoms with Crippen LogP contribution in [-0.4, -0.2) is 64.9 Å². The molecule has 32 heavy (non-hydrogen) atoms. The highest BCUT2D eigenvalue weighted by Gasteiger charge is 2.44. The van der Waals surface area contributed by atoms with Gasteiger partial charge in [0.05, 0.1) is 5.69 Å². The molecule has 1 atom stereocenters. The van der Waals surface area contributed by atoms with Gasteiger partial charge in [-0.25, -0.2) is 0 Å². The first-order valence-corrected chi connectivity index (χ1v) is 12.0. The molecule has 2 aliphatic rings. The number of piperidine rings is 1. The van der Waals surface area contributed by atoms with Crippen LogP contribution in [0.15, 0.2) is 22.0 Å². The fourth-order valence-electron chi connectivity index (χ4n) is 4.96. The summed E-state index contributed by atoms with van der Waals surface area (Å²) < 4.78 is 5.16. The second-order valence-corrected chi connectivity index (χ2v) is 10.1. The van der Waals surface area contributed by atoms with Crippen LogP contribution in [0.1, 0.15) is 52.9 Å². The van der Waals surface area contributed by atoms with Crippen molar-refractivity contribution in [1.29, 1.82) is 0 Å². The third kappa shape index (κ3) is 4.57. The van der Waals surface area contributed by atoms with Gasteiger partial charge < -0.3 is 19.6 Å². The Kier molecular flexibility index (Phi) is 6.37. The van der Waals surface area contributed by atoms with Crippen molar-refractivity contribution >= 4 is 29.1 Å². The molecule has 1 N–H and O–H groups in total. The van der Waals surface area contributed by atoms with E-state index in [9.17, 15) is 14.4 Å². The topological polar surface area (TPSA) is 95.8 Å². The summed E-state index contributed by atoms with van der Waals surface area (Å²) in [5.41, 5.74) is 1.23. The van der Waals surface area contributed by atoms with Gasteiger partial charge in [0, 0.05) is 44.4 Å². The highest BCUT2D eigenvalue weighted by Crippen LogP contribution is 2.41. The molecule has 1 unspecified atom stereocenters. The first-order chi connectivity index (χ1) is 15.3. The van der Waals surface area contributed by atoms with Crippen molar-refractivity contribution in [2.75, 3.05) is 26.2 Å². The summed E-state index contributed by atoms with van der Waals surface area (Å²) in [5, 5.41) is 8.72. The average molecular weight is 459 g/mol. The van der Waals surface area contributed by atoms with Crippen LogP contribution in [0.3, 0.4) is 0 Å². The number of carbonyl (C=O) groups excluding carboxylic acids is 3. The standard InChI is InChI=1S/C23H30N4O4S/c1-15-20(16(2)31-25-15)22(30)26-9-6-23(7-10-26)8-11-27(14-23)21(29)19(24-17(3)28)13-18-5-4-12-32-18/h4-5,12,19H,6-11,13-14H2,1-3H3,(H,24,28). The molecule has 2 aromatic rings. The summed E-state index contributed by atoms with van der Waals surface area (Å²) in [4.78, 5) is 42.8. The number of carbonyl (C=O) groups is 3. The Morgan fingerprint density at radius 2 is 1.88 bits per heavy atom. The fraction of sp³-hybridized carbons (Fsp3) is 0.565. The van der Waals surface area contributed by atoms with Crippen molar-refractivity contribution in [2.24, 2.45) is 5.41 Å². The van der Waals surface area contributed by atoms with Crippen LogP contribution < -0.4 is 5.32 Å². The molecule has 0 aliphatic carbocycles. The minimum atomic E-state index is -0.539. The average Bonchev–Trinajstić information content (AvgIpc) is 3.49. The Morgan fingerprint density at radius 1 is 1.19 bits per heavy atom. The van der Waals surface area contributed by atoms with Crippen LogP contribution in [0.2, 0.25) is 0 Å². The van der Waals surface area contributed by atoms with E-state index in [2.05, 4.69) is 10.5 Å². The van der Waals surface area contributed by atoms with Gasteiger partial charge in [-0.15, -0.1) is 11.3 Å². The molecule has 172 valence electrons. The maximum absolute atomic E-state index is 13.3. The van der Waals surface area contributed by atoms with Gasteiger partial charge >= 0.3 is 0 Å². The van der Waals surface area contributed by atoms with E-state index in [1.54, 1.807) is 25.2 Å². The lowest BCUT2D eigenvalue weighted by atomic mass is 9.77. The molecule has 2 aliphatic heterocycles. The van der Waals surface area contributed by atoms with Crippen LogP contribution in [0.4, 0.5) is 0 Å². The van der Waals surface area contributed by atoms with E-state index in [1.807, 2.05) is 27.3 Å². The third-order valence-electron chi connectivity index (χ3n) is 6.77. The van der Waals surface area contributed by atoms with Crippen molar-refractivity contribution in [3.8, 4) is 0 Å². The van der Waals surface area contributed by atoms with Crippen molar-refractivity contribution in [3.63, 3.8) is 0 Å². The molecule has 3 amide bonds. The fourth-order valence-corrected chi connectivity index (χ4v) is 5.71. The molecule has 0 saturated carbocycles. The SMILES string of the molecule is CC(=O)NC(Cc1cccs1)C(=O)N1CCC2(CCN(C(=O)c3c(C)noc3C)CC2)C1. The number of nitrogens with zero attached hydrogens (tertiary/aromatic N) is 3. The lowest BCUT2D eigenvalue weighted by Gasteiger charge is -2.39. The molecule has 9 heteroatoms. The van der Waals surface area contributed by atoms with E-state index in [0.29, 0.717) is 49.6 Å². The summed E-state index contributed by atoms with van der Waals surface area (Å²) in [6.07, 6.45) is 3.17. The number of aromatic nitrogens is 1. The van der Waals surface area contributed by atoms with Crippen LogP contribution in [0.25, 0.3) is 0 Å². The van der Waals surface area contributed by atoms with Crippen LogP contribution in [0, 0.1) is 19.3 Å². The van der Waals surface area contributed by atoms with E-state index in [1.165, 1.54) is 6.92 Å². The van der Waals surface area contributed by atoms with Crippen molar-refractivity contribution in [2.45, 2.75) is 52.5 Å². The third-order valence-corrected chi connectivity index (χ3v) is 7.67. The summed E-state index contributed by atoms with van der Waals surface area (Å²) in [6.45, 7) is 7.70. The number of amides is 3. The van der Waals surface area contributed by atoms with Crippen molar-refractivity contribution in [1.82, 2.24) is 20.3 Å². The lowest BCUT2D eigenvalue weighted by Crippen LogP contribution is -2.50. The predicted octanol–water partition coefficient (Wildman–Crippen LogP) is 2.56. The zero-order valence-corrected chi connectivity index (χ0v) is 19.7. The van der Waals surface area contributed by atoms with Gasteiger partial charge in [-0.05, 0) is 50.0 Å². The molecule has 4 rings (SSSR count). The number of rotatable bonds is 5. The predicted molar refractivity (Wildman–Crippen MR) is 120 cm³/mol. The number of thiophene rings is 1. The number of hydrogen-bond donors (Lipinski definition) is 1. The molecule has 8 nitrogen and oxygen atoms in total. The molecule has 1 spiro atoms. The van der Waals surface area contributed by atoms with Gasteiger partial charge in [0.1, 0.15) is 17.4 Å². The van der Waals surface area contributed by atoms with E-state index in [0.717, 1.165) is 24.1 Å².